The molecular formula is C16H17N3O. The van der Waals surface area contributed by atoms with Gasteiger partial charge in [0.1, 0.15) is 0 Å². The molecule has 4 heteroatoms. The molecule has 1 aliphatic rings. The third kappa shape index (κ3) is 3.30. The average Bonchev–Trinajstić information content (AvgIpc) is 2.53. The minimum absolute atomic E-state index is 0.141. The average molecular weight is 267 g/mol. The van der Waals surface area contributed by atoms with E-state index < -0.39 is 0 Å². The molecule has 1 aliphatic heterocycles. The van der Waals surface area contributed by atoms with Crippen molar-refractivity contribution in [1.29, 1.82) is 5.26 Å². The molecule has 0 spiro atoms. The third-order valence-corrected chi connectivity index (χ3v) is 3.48. The van der Waals surface area contributed by atoms with Crippen molar-refractivity contribution in [3.63, 3.8) is 0 Å². The smallest absolute Gasteiger partial charge is 0.223 e. The van der Waals surface area contributed by atoms with Crippen LogP contribution < -0.4 is 4.90 Å². The molecule has 1 heterocycles. The topological polar surface area (TPSA) is 47.3 Å². The van der Waals surface area contributed by atoms with Crippen LogP contribution >= 0.6 is 0 Å². The largest absolute Gasteiger partial charge is 0.368 e. The Balaban J connectivity index is 1.89. The fraction of sp³-hybridized carbons (Fsp3) is 0.375. The SMILES string of the molecule is C#CCCC(=O)N1CCN(c2ccc(C#N)cc2)CC1. The maximum Gasteiger partial charge on any atom is 0.223 e. The number of hydrogen-bond acceptors (Lipinski definition) is 3. The minimum atomic E-state index is 0.141. The quantitative estimate of drug-likeness (QED) is 0.782. The molecule has 0 radical (unpaired) electrons. The molecule has 1 aromatic rings. The van der Waals surface area contributed by atoms with Gasteiger partial charge in [-0.05, 0) is 24.3 Å². The molecule has 1 fully saturated rings. The molecule has 1 saturated heterocycles. The fourth-order valence-electron chi connectivity index (χ4n) is 2.30. The maximum atomic E-state index is 11.9. The van der Waals surface area contributed by atoms with Crippen molar-refractivity contribution in [1.82, 2.24) is 4.90 Å². The number of rotatable bonds is 3. The summed E-state index contributed by atoms with van der Waals surface area (Å²) in [6.07, 6.45) is 6.12. The van der Waals surface area contributed by atoms with Gasteiger partial charge in [-0.15, -0.1) is 12.3 Å². The van der Waals surface area contributed by atoms with Crippen LogP contribution in [0.1, 0.15) is 18.4 Å². The summed E-state index contributed by atoms with van der Waals surface area (Å²) in [4.78, 5) is 16.0. The summed E-state index contributed by atoms with van der Waals surface area (Å²) in [6.45, 7) is 3.08. The summed E-state index contributed by atoms with van der Waals surface area (Å²) < 4.78 is 0. The minimum Gasteiger partial charge on any atom is -0.368 e. The van der Waals surface area contributed by atoms with E-state index in [0.717, 1.165) is 31.9 Å². The molecule has 0 saturated carbocycles. The van der Waals surface area contributed by atoms with Gasteiger partial charge in [-0.1, -0.05) is 0 Å². The summed E-state index contributed by atoms with van der Waals surface area (Å²) in [6, 6.07) is 9.66. The summed E-state index contributed by atoms with van der Waals surface area (Å²) in [5.41, 5.74) is 1.76. The van der Waals surface area contributed by atoms with Crippen LogP contribution in [0.4, 0.5) is 5.69 Å². The van der Waals surface area contributed by atoms with E-state index in [9.17, 15) is 4.79 Å². The van der Waals surface area contributed by atoms with Gasteiger partial charge in [-0.2, -0.15) is 5.26 Å². The molecule has 0 aliphatic carbocycles. The first-order valence-electron chi connectivity index (χ1n) is 6.71. The van der Waals surface area contributed by atoms with Crippen molar-refractivity contribution in [2.24, 2.45) is 0 Å². The zero-order chi connectivity index (χ0) is 14.4. The van der Waals surface area contributed by atoms with Crippen LogP contribution in [0.3, 0.4) is 0 Å². The van der Waals surface area contributed by atoms with E-state index >= 15 is 0 Å². The van der Waals surface area contributed by atoms with Crippen molar-refractivity contribution >= 4 is 11.6 Å². The Bertz CT molecular complexity index is 543. The molecule has 20 heavy (non-hydrogen) atoms. The molecule has 1 aromatic carbocycles. The zero-order valence-electron chi connectivity index (χ0n) is 11.4. The first-order chi connectivity index (χ1) is 9.74. The molecule has 102 valence electrons. The van der Waals surface area contributed by atoms with Gasteiger partial charge < -0.3 is 9.80 Å². The second-order valence-electron chi connectivity index (χ2n) is 4.73. The van der Waals surface area contributed by atoms with Crippen LogP contribution in [0.5, 0.6) is 0 Å². The summed E-state index contributed by atoms with van der Waals surface area (Å²) >= 11 is 0. The number of benzene rings is 1. The van der Waals surface area contributed by atoms with Gasteiger partial charge in [0, 0.05) is 44.7 Å². The monoisotopic (exact) mass is 267 g/mol. The zero-order valence-corrected chi connectivity index (χ0v) is 11.4. The maximum absolute atomic E-state index is 11.9. The van der Waals surface area contributed by atoms with Gasteiger partial charge in [-0.3, -0.25) is 4.79 Å². The van der Waals surface area contributed by atoms with E-state index in [1.54, 1.807) is 0 Å². The predicted molar refractivity (Wildman–Crippen MR) is 78.0 cm³/mol. The fourth-order valence-corrected chi connectivity index (χ4v) is 2.30. The second kappa shape index (κ2) is 6.63. The van der Waals surface area contributed by atoms with Crippen molar-refractivity contribution in [2.75, 3.05) is 31.1 Å². The van der Waals surface area contributed by atoms with Crippen molar-refractivity contribution < 1.29 is 4.79 Å². The predicted octanol–water partition coefficient (Wildman–Crippen LogP) is 1.62. The number of nitriles is 1. The number of nitrogens with zero attached hydrogens (tertiary/aromatic N) is 3. The van der Waals surface area contributed by atoms with E-state index in [4.69, 9.17) is 11.7 Å². The van der Waals surface area contributed by atoms with Crippen molar-refractivity contribution in [2.45, 2.75) is 12.8 Å². The highest BCUT2D eigenvalue weighted by molar-refractivity contribution is 5.76. The van der Waals surface area contributed by atoms with E-state index in [1.165, 1.54) is 0 Å². The number of amides is 1. The van der Waals surface area contributed by atoms with E-state index in [1.807, 2.05) is 29.2 Å². The Morgan fingerprint density at radius 3 is 2.40 bits per heavy atom. The van der Waals surface area contributed by atoms with Gasteiger partial charge >= 0.3 is 0 Å². The van der Waals surface area contributed by atoms with E-state index in [0.29, 0.717) is 18.4 Å². The molecule has 0 bridgehead atoms. The van der Waals surface area contributed by atoms with Gasteiger partial charge in [-0.25, -0.2) is 0 Å². The third-order valence-electron chi connectivity index (χ3n) is 3.48. The standard InChI is InChI=1S/C16H17N3O/c1-2-3-4-16(20)19-11-9-18(10-12-19)15-7-5-14(13-17)6-8-15/h1,5-8H,3-4,9-12H2. The van der Waals surface area contributed by atoms with Crippen LogP contribution in [0.25, 0.3) is 0 Å². The van der Waals surface area contributed by atoms with Crippen molar-refractivity contribution in [3.8, 4) is 18.4 Å². The first-order valence-corrected chi connectivity index (χ1v) is 6.71. The van der Waals surface area contributed by atoms with E-state index in [-0.39, 0.29) is 5.91 Å². The Morgan fingerprint density at radius 2 is 1.85 bits per heavy atom. The van der Waals surface area contributed by atoms with Gasteiger partial charge in [0.05, 0.1) is 11.6 Å². The van der Waals surface area contributed by atoms with Crippen LogP contribution in [-0.2, 0) is 4.79 Å². The Morgan fingerprint density at radius 1 is 1.20 bits per heavy atom. The summed E-state index contributed by atoms with van der Waals surface area (Å²) in [5.74, 6) is 2.64. The lowest BCUT2D eigenvalue weighted by Crippen LogP contribution is -2.48. The number of carbonyl (C=O) groups excluding carboxylic acids is 1. The normalized spacial score (nSPS) is 14.5. The van der Waals surface area contributed by atoms with E-state index in [2.05, 4.69) is 16.9 Å². The number of hydrogen-bond donors (Lipinski definition) is 0. The molecule has 4 nitrogen and oxygen atoms in total. The number of anilines is 1. The van der Waals surface area contributed by atoms with Crippen LogP contribution in [0.15, 0.2) is 24.3 Å². The lowest BCUT2D eigenvalue weighted by molar-refractivity contribution is -0.131. The van der Waals surface area contributed by atoms with Crippen LogP contribution in [0, 0.1) is 23.7 Å². The second-order valence-corrected chi connectivity index (χ2v) is 4.73. The highest BCUT2D eigenvalue weighted by atomic mass is 16.2. The molecule has 0 unspecified atom stereocenters. The van der Waals surface area contributed by atoms with Gasteiger partial charge in [0.15, 0.2) is 0 Å². The Kier molecular flexibility index (Phi) is 4.63. The first kappa shape index (κ1) is 14.0. The van der Waals surface area contributed by atoms with Crippen LogP contribution in [-0.4, -0.2) is 37.0 Å². The molecule has 0 aromatic heterocycles. The number of terminal acetylenes is 1. The molecule has 0 atom stereocenters. The highest BCUT2D eigenvalue weighted by Gasteiger charge is 2.20. The number of piperazine rings is 1. The highest BCUT2D eigenvalue weighted by Crippen LogP contribution is 2.17. The summed E-state index contributed by atoms with van der Waals surface area (Å²) in [7, 11) is 0. The number of carbonyl (C=O) groups is 1. The molecular weight excluding hydrogens is 250 g/mol. The molecule has 0 N–H and O–H groups in total. The molecule has 2 rings (SSSR count). The summed E-state index contributed by atoms with van der Waals surface area (Å²) in [5, 5.41) is 8.78. The van der Waals surface area contributed by atoms with Gasteiger partial charge in [0.25, 0.3) is 0 Å². The van der Waals surface area contributed by atoms with Gasteiger partial charge in [0.2, 0.25) is 5.91 Å². The molecule has 1 amide bonds. The van der Waals surface area contributed by atoms with Crippen molar-refractivity contribution in [3.05, 3.63) is 29.8 Å². The Labute approximate surface area is 119 Å². The van der Waals surface area contributed by atoms with Crippen LogP contribution in [0.2, 0.25) is 0 Å². The Hall–Kier alpha value is -2.46. The lowest BCUT2D eigenvalue weighted by Gasteiger charge is -2.36. The lowest BCUT2D eigenvalue weighted by atomic mass is 10.2.